The molecule has 3 rings (SSSR count). The van der Waals surface area contributed by atoms with Crippen LogP contribution in [0.3, 0.4) is 0 Å². The molecule has 8 heteroatoms. The third-order valence-electron chi connectivity index (χ3n) is 4.61. The summed E-state index contributed by atoms with van der Waals surface area (Å²) in [5, 5.41) is 0.538. The molecule has 0 unspecified atom stereocenters. The molecule has 0 spiro atoms. The quantitative estimate of drug-likeness (QED) is 0.435. The number of carbonyl (C=O) groups excluding carboxylic acids is 2. The van der Waals surface area contributed by atoms with Gasteiger partial charge in [-0.1, -0.05) is 0 Å². The van der Waals surface area contributed by atoms with Gasteiger partial charge in [0.1, 0.15) is 23.7 Å². The normalized spacial score (nSPS) is 10.9. The first-order chi connectivity index (χ1) is 13.8. The summed E-state index contributed by atoms with van der Waals surface area (Å²) in [6, 6.07) is 5.01. The van der Waals surface area contributed by atoms with Crippen LogP contribution < -0.4 is 10.3 Å². The highest BCUT2D eigenvalue weighted by Crippen LogP contribution is 2.25. The van der Waals surface area contributed by atoms with Crippen LogP contribution in [0.5, 0.6) is 5.75 Å². The molecule has 0 bridgehead atoms. The second kappa shape index (κ2) is 8.57. The number of hydrogen-bond acceptors (Lipinski definition) is 7. The third kappa shape index (κ3) is 4.37. The van der Waals surface area contributed by atoms with Crippen LogP contribution in [0.15, 0.2) is 29.3 Å². The average Bonchev–Trinajstić information content (AvgIpc) is 2.98. The first-order valence-electron chi connectivity index (χ1n) is 9.19. The van der Waals surface area contributed by atoms with Crippen LogP contribution >= 0.6 is 11.3 Å². The molecule has 2 aromatic heterocycles. The lowest BCUT2D eigenvalue weighted by molar-refractivity contribution is -0.145. The summed E-state index contributed by atoms with van der Waals surface area (Å²) < 4.78 is 12.1. The molecule has 0 saturated carbocycles. The van der Waals surface area contributed by atoms with Crippen LogP contribution in [-0.4, -0.2) is 27.9 Å². The van der Waals surface area contributed by atoms with Crippen LogP contribution in [0, 0.1) is 13.8 Å². The molecular weight excluding hydrogens is 392 g/mol. The van der Waals surface area contributed by atoms with Gasteiger partial charge in [0.25, 0.3) is 5.56 Å². The number of Topliss-reactive ketones (excluding diaryl/α,β-unsaturated/α-hetero) is 1. The number of esters is 1. The lowest BCUT2D eigenvalue weighted by Gasteiger charge is -2.12. The van der Waals surface area contributed by atoms with Gasteiger partial charge in [0, 0.05) is 16.0 Å². The van der Waals surface area contributed by atoms with E-state index in [1.165, 1.54) is 29.2 Å². The molecule has 1 aromatic carbocycles. The van der Waals surface area contributed by atoms with E-state index in [9.17, 15) is 14.4 Å². The maximum atomic E-state index is 12.7. The Morgan fingerprint density at radius 1 is 1.24 bits per heavy atom. The topological polar surface area (TPSA) is 87.5 Å². The van der Waals surface area contributed by atoms with Crippen molar-refractivity contribution < 1.29 is 19.1 Å². The number of nitrogens with zero attached hydrogens (tertiary/aromatic N) is 2. The molecule has 7 nitrogen and oxygen atoms in total. The molecule has 0 aliphatic carbocycles. The highest BCUT2D eigenvalue weighted by molar-refractivity contribution is 7.18. The molecule has 2 heterocycles. The molecule has 0 N–H and O–H groups in total. The van der Waals surface area contributed by atoms with E-state index < -0.39 is 5.97 Å². The van der Waals surface area contributed by atoms with Crippen LogP contribution in [0.2, 0.25) is 0 Å². The first kappa shape index (κ1) is 20.7. The van der Waals surface area contributed by atoms with Gasteiger partial charge in [-0.2, -0.15) is 0 Å². The molecule has 0 amide bonds. The number of carbonyl (C=O) groups is 2. The number of ketones is 1. The van der Waals surface area contributed by atoms with Gasteiger partial charge in [-0.25, -0.2) is 4.98 Å². The molecule has 0 aliphatic rings. The van der Waals surface area contributed by atoms with E-state index >= 15 is 0 Å². The van der Waals surface area contributed by atoms with Crippen LogP contribution in [0.4, 0.5) is 0 Å². The summed E-state index contributed by atoms with van der Waals surface area (Å²) in [6.45, 7) is 7.26. The fraction of sp³-hybridized carbons (Fsp3) is 0.333. The zero-order chi connectivity index (χ0) is 21.1. The van der Waals surface area contributed by atoms with Crippen molar-refractivity contribution in [1.82, 2.24) is 9.55 Å². The highest BCUT2D eigenvalue weighted by atomic mass is 32.1. The standard InChI is InChI=1S/C21H22N2O5S/c1-5-27-17-7-6-15(13(3)24)8-16(17)10-28-18(25)9-23-11-22-20-19(21(23)26)12(2)14(4)29-20/h6-8,11H,5,9-10H2,1-4H3. The molecule has 0 fully saturated rings. The molecule has 0 radical (unpaired) electrons. The molecule has 0 saturated heterocycles. The number of rotatable bonds is 7. The number of benzene rings is 1. The minimum Gasteiger partial charge on any atom is -0.493 e. The van der Waals surface area contributed by atoms with E-state index in [2.05, 4.69) is 4.98 Å². The summed E-state index contributed by atoms with van der Waals surface area (Å²) in [5.74, 6) is -0.114. The van der Waals surface area contributed by atoms with Crippen molar-refractivity contribution in [3.05, 3.63) is 56.4 Å². The van der Waals surface area contributed by atoms with Crippen LogP contribution in [-0.2, 0) is 22.7 Å². The molecule has 152 valence electrons. The maximum absolute atomic E-state index is 12.7. The minimum absolute atomic E-state index is 0.0592. The van der Waals surface area contributed by atoms with Crippen molar-refractivity contribution in [1.29, 1.82) is 0 Å². The average molecular weight is 414 g/mol. The number of aromatic nitrogens is 2. The molecule has 0 atom stereocenters. The highest BCUT2D eigenvalue weighted by Gasteiger charge is 2.15. The number of thiophene rings is 1. The number of aryl methyl sites for hydroxylation is 2. The Kier molecular flexibility index (Phi) is 6.12. The summed E-state index contributed by atoms with van der Waals surface area (Å²) in [5.41, 5.74) is 1.72. The number of fused-ring (bicyclic) bond motifs is 1. The Balaban J connectivity index is 1.77. The van der Waals surface area contributed by atoms with E-state index in [0.717, 1.165) is 10.4 Å². The largest absolute Gasteiger partial charge is 0.493 e. The first-order valence-corrected chi connectivity index (χ1v) is 10.0. The number of ether oxygens (including phenoxy) is 2. The molecule has 0 aliphatic heterocycles. The van der Waals surface area contributed by atoms with Crippen molar-refractivity contribution in [2.45, 2.75) is 40.8 Å². The summed E-state index contributed by atoms with van der Waals surface area (Å²) in [7, 11) is 0. The lowest BCUT2D eigenvalue weighted by Crippen LogP contribution is -2.25. The summed E-state index contributed by atoms with van der Waals surface area (Å²) in [6.07, 6.45) is 1.36. The van der Waals surface area contributed by atoms with E-state index in [1.807, 2.05) is 20.8 Å². The second-order valence-corrected chi connectivity index (χ2v) is 7.82. The van der Waals surface area contributed by atoms with Crippen LogP contribution in [0.1, 0.15) is 40.2 Å². The van der Waals surface area contributed by atoms with Gasteiger partial charge < -0.3 is 9.47 Å². The zero-order valence-electron chi connectivity index (χ0n) is 16.8. The minimum atomic E-state index is -0.575. The molecule has 29 heavy (non-hydrogen) atoms. The van der Waals surface area contributed by atoms with E-state index in [-0.39, 0.29) is 24.5 Å². The Morgan fingerprint density at radius 2 is 2.00 bits per heavy atom. The maximum Gasteiger partial charge on any atom is 0.326 e. The second-order valence-electron chi connectivity index (χ2n) is 6.61. The SMILES string of the molecule is CCOc1ccc(C(C)=O)cc1COC(=O)Cn1cnc2sc(C)c(C)c2c1=O. The van der Waals surface area contributed by atoms with Gasteiger partial charge >= 0.3 is 5.97 Å². The smallest absolute Gasteiger partial charge is 0.326 e. The van der Waals surface area contributed by atoms with Crippen molar-refractivity contribution in [3.8, 4) is 5.75 Å². The summed E-state index contributed by atoms with van der Waals surface area (Å²) in [4.78, 5) is 42.6. The van der Waals surface area contributed by atoms with E-state index in [0.29, 0.717) is 33.7 Å². The Labute approximate surface area is 171 Å². The van der Waals surface area contributed by atoms with Gasteiger partial charge in [-0.05, 0) is 51.5 Å². The van der Waals surface area contributed by atoms with Crippen molar-refractivity contribution in [3.63, 3.8) is 0 Å². The summed E-state index contributed by atoms with van der Waals surface area (Å²) >= 11 is 1.46. The van der Waals surface area contributed by atoms with Crippen molar-refractivity contribution in [2.75, 3.05) is 6.61 Å². The lowest BCUT2D eigenvalue weighted by atomic mass is 10.1. The van der Waals surface area contributed by atoms with Gasteiger partial charge in [0.15, 0.2) is 5.78 Å². The Hall–Kier alpha value is -3.00. The monoisotopic (exact) mass is 414 g/mol. The molecule has 3 aromatic rings. The van der Waals surface area contributed by atoms with Gasteiger partial charge in [-0.15, -0.1) is 11.3 Å². The fourth-order valence-corrected chi connectivity index (χ4v) is 3.92. The predicted octanol–water partition coefficient (Wildman–Crippen LogP) is 3.42. The van der Waals surface area contributed by atoms with Gasteiger partial charge in [0.2, 0.25) is 0 Å². The zero-order valence-corrected chi connectivity index (χ0v) is 17.6. The number of hydrogen-bond donors (Lipinski definition) is 0. The Morgan fingerprint density at radius 3 is 2.69 bits per heavy atom. The van der Waals surface area contributed by atoms with Crippen molar-refractivity contribution in [2.24, 2.45) is 0 Å². The predicted molar refractivity (Wildman–Crippen MR) is 111 cm³/mol. The van der Waals surface area contributed by atoms with Crippen LogP contribution in [0.25, 0.3) is 10.2 Å². The van der Waals surface area contributed by atoms with Gasteiger partial charge in [-0.3, -0.25) is 19.0 Å². The van der Waals surface area contributed by atoms with Gasteiger partial charge in [0.05, 0.1) is 18.3 Å². The Bertz CT molecular complexity index is 1150. The molecular formula is C21H22N2O5S. The van der Waals surface area contributed by atoms with Crippen molar-refractivity contribution >= 4 is 33.3 Å². The van der Waals surface area contributed by atoms with E-state index in [4.69, 9.17) is 9.47 Å². The van der Waals surface area contributed by atoms with E-state index in [1.54, 1.807) is 18.2 Å². The third-order valence-corrected chi connectivity index (χ3v) is 5.73. The fourth-order valence-electron chi connectivity index (χ4n) is 2.93.